The van der Waals surface area contributed by atoms with Crippen molar-refractivity contribution in [1.82, 2.24) is 20.6 Å². The van der Waals surface area contributed by atoms with Gasteiger partial charge < -0.3 is 10.6 Å². The number of hydrogen-bond acceptors (Lipinski definition) is 4. The quantitative estimate of drug-likeness (QED) is 0.722. The van der Waals surface area contributed by atoms with Gasteiger partial charge in [-0.3, -0.25) is 0 Å². The molecule has 86 valence electrons. The normalized spacial score (nSPS) is 21.1. The largest absolute Gasteiger partial charge is 0.317 e. The third-order valence-electron chi connectivity index (χ3n) is 3.36. The van der Waals surface area contributed by atoms with Crippen LogP contribution in [0.5, 0.6) is 0 Å². The van der Waals surface area contributed by atoms with Gasteiger partial charge in [0.25, 0.3) is 0 Å². The van der Waals surface area contributed by atoms with E-state index in [1.807, 2.05) is 0 Å². The molecule has 1 saturated heterocycles. The van der Waals surface area contributed by atoms with Crippen molar-refractivity contribution in [2.45, 2.75) is 31.8 Å². The number of rotatable bonds is 1. The van der Waals surface area contributed by atoms with Crippen LogP contribution in [-0.4, -0.2) is 23.1 Å². The van der Waals surface area contributed by atoms with Gasteiger partial charge in [0.2, 0.25) is 0 Å². The first-order valence-electron chi connectivity index (χ1n) is 5.81. The van der Waals surface area contributed by atoms with Crippen LogP contribution in [0.2, 0.25) is 5.15 Å². The van der Waals surface area contributed by atoms with Crippen LogP contribution in [0.15, 0.2) is 0 Å². The van der Waals surface area contributed by atoms with E-state index >= 15 is 0 Å². The Labute approximate surface area is 99.8 Å². The summed E-state index contributed by atoms with van der Waals surface area (Å²) in [6, 6.07) is 0. The Balaban J connectivity index is 1.92. The molecule has 1 fully saturated rings. The van der Waals surface area contributed by atoms with Gasteiger partial charge in [0, 0.05) is 24.6 Å². The fraction of sp³-hybridized carbons (Fsp3) is 0.636. The zero-order valence-corrected chi connectivity index (χ0v) is 9.85. The Hall–Kier alpha value is -0.710. The molecular weight excluding hydrogens is 224 g/mol. The lowest BCUT2D eigenvalue weighted by Crippen LogP contribution is -2.27. The van der Waals surface area contributed by atoms with Crippen molar-refractivity contribution < 1.29 is 0 Å². The topological polar surface area (TPSA) is 49.8 Å². The molecular formula is C11H15ClN4. The number of nitrogens with one attached hydrogen (secondary N) is 2. The van der Waals surface area contributed by atoms with Crippen LogP contribution in [0.3, 0.4) is 0 Å². The zero-order valence-electron chi connectivity index (χ0n) is 9.09. The average molecular weight is 239 g/mol. The lowest BCUT2D eigenvalue weighted by Gasteiger charge is -2.21. The molecule has 0 bridgehead atoms. The number of piperidine rings is 1. The van der Waals surface area contributed by atoms with Gasteiger partial charge in [-0.2, -0.15) is 0 Å². The Morgan fingerprint density at radius 3 is 2.69 bits per heavy atom. The van der Waals surface area contributed by atoms with E-state index in [-0.39, 0.29) is 0 Å². The Morgan fingerprint density at radius 1 is 1.06 bits per heavy atom. The minimum Gasteiger partial charge on any atom is -0.317 e. The van der Waals surface area contributed by atoms with Crippen molar-refractivity contribution in [2.24, 2.45) is 0 Å². The molecule has 0 aromatic carbocycles. The fourth-order valence-electron chi connectivity index (χ4n) is 2.41. The molecule has 0 unspecified atom stereocenters. The van der Waals surface area contributed by atoms with Crippen molar-refractivity contribution in [3.05, 3.63) is 22.2 Å². The highest BCUT2D eigenvalue weighted by Gasteiger charge is 2.23. The molecule has 16 heavy (non-hydrogen) atoms. The predicted molar refractivity (Wildman–Crippen MR) is 62.4 cm³/mol. The summed E-state index contributed by atoms with van der Waals surface area (Å²) in [7, 11) is 0. The molecule has 4 nitrogen and oxygen atoms in total. The first-order valence-corrected chi connectivity index (χ1v) is 6.19. The summed E-state index contributed by atoms with van der Waals surface area (Å²) in [5, 5.41) is 7.25. The number of aromatic nitrogens is 2. The summed E-state index contributed by atoms with van der Waals surface area (Å²) in [5.74, 6) is 1.42. The van der Waals surface area contributed by atoms with Gasteiger partial charge in [-0.15, -0.1) is 0 Å². The van der Waals surface area contributed by atoms with Crippen LogP contribution in [0, 0.1) is 0 Å². The monoisotopic (exact) mass is 238 g/mol. The first kappa shape index (κ1) is 10.4. The maximum absolute atomic E-state index is 6.19. The lowest BCUT2D eigenvalue weighted by molar-refractivity contribution is 0.444. The van der Waals surface area contributed by atoms with Crippen molar-refractivity contribution in [3.8, 4) is 0 Å². The third-order valence-corrected chi connectivity index (χ3v) is 3.67. The smallest absolute Gasteiger partial charge is 0.137 e. The maximum Gasteiger partial charge on any atom is 0.137 e. The average Bonchev–Trinajstić information content (AvgIpc) is 2.79. The highest BCUT2D eigenvalue weighted by molar-refractivity contribution is 6.30. The van der Waals surface area contributed by atoms with E-state index in [1.165, 1.54) is 0 Å². The second-order valence-corrected chi connectivity index (χ2v) is 4.78. The number of nitrogens with zero attached hydrogens (tertiary/aromatic N) is 2. The lowest BCUT2D eigenvalue weighted by atomic mass is 9.97. The summed E-state index contributed by atoms with van der Waals surface area (Å²) >= 11 is 6.19. The van der Waals surface area contributed by atoms with E-state index < -0.39 is 0 Å². The number of hydrogen-bond donors (Lipinski definition) is 2. The summed E-state index contributed by atoms with van der Waals surface area (Å²) in [5.41, 5.74) is 2.17. The first-order chi connectivity index (χ1) is 7.84. The summed E-state index contributed by atoms with van der Waals surface area (Å²) in [6.45, 7) is 3.75. The van der Waals surface area contributed by atoms with E-state index in [9.17, 15) is 0 Å². The van der Waals surface area contributed by atoms with Crippen molar-refractivity contribution in [1.29, 1.82) is 0 Å². The molecule has 0 atom stereocenters. The fourth-order valence-corrected chi connectivity index (χ4v) is 2.67. The van der Waals surface area contributed by atoms with Gasteiger partial charge >= 0.3 is 0 Å². The molecule has 0 amide bonds. The molecule has 0 saturated carbocycles. The summed E-state index contributed by atoms with van der Waals surface area (Å²) in [6.07, 6.45) is 2.23. The summed E-state index contributed by atoms with van der Waals surface area (Å²) < 4.78 is 0. The standard InChI is InChI=1S/C11H15ClN4/c12-10-8-5-14-6-9(8)15-11(16-10)7-1-3-13-4-2-7/h7,13-14H,1-6H2. The molecule has 1 aromatic heterocycles. The van der Waals surface area contributed by atoms with Crippen LogP contribution < -0.4 is 10.6 Å². The Bertz CT molecular complexity index is 401. The maximum atomic E-state index is 6.19. The van der Waals surface area contributed by atoms with E-state index in [0.29, 0.717) is 11.1 Å². The van der Waals surface area contributed by atoms with Crippen LogP contribution in [-0.2, 0) is 13.1 Å². The van der Waals surface area contributed by atoms with Crippen LogP contribution in [0.4, 0.5) is 0 Å². The van der Waals surface area contributed by atoms with Crippen molar-refractivity contribution >= 4 is 11.6 Å². The molecule has 3 rings (SSSR count). The molecule has 1 aromatic rings. The number of fused-ring (bicyclic) bond motifs is 1. The van der Waals surface area contributed by atoms with Crippen molar-refractivity contribution in [2.75, 3.05) is 13.1 Å². The predicted octanol–water partition coefficient (Wildman–Crippen LogP) is 1.20. The molecule has 2 aliphatic rings. The second kappa shape index (κ2) is 4.28. The third kappa shape index (κ3) is 1.81. The second-order valence-electron chi connectivity index (χ2n) is 4.43. The van der Waals surface area contributed by atoms with Crippen molar-refractivity contribution in [3.63, 3.8) is 0 Å². The van der Waals surface area contributed by atoms with Crippen LogP contribution in [0.1, 0.15) is 35.8 Å². The molecule has 0 aliphatic carbocycles. The highest BCUT2D eigenvalue weighted by atomic mass is 35.5. The molecule has 5 heteroatoms. The van der Waals surface area contributed by atoms with Gasteiger partial charge in [-0.25, -0.2) is 9.97 Å². The Kier molecular flexibility index (Phi) is 2.79. The molecule has 3 heterocycles. The van der Waals surface area contributed by atoms with Crippen LogP contribution in [0.25, 0.3) is 0 Å². The van der Waals surface area contributed by atoms with E-state index in [1.54, 1.807) is 0 Å². The SMILES string of the molecule is Clc1nc(C2CCNCC2)nc2c1CNC2. The van der Waals surface area contributed by atoms with Crippen LogP contribution >= 0.6 is 11.6 Å². The highest BCUT2D eigenvalue weighted by Crippen LogP contribution is 2.27. The van der Waals surface area contributed by atoms with Gasteiger partial charge in [0.05, 0.1) is 5.69 Å². The molecule has 2 N–H and O–H groups in total. The van der Waals surface area contributed by atoms with Gasteiger partial charge in [0.1, 0.15) is 11.0 Å². The van der Waals surface area contributed by atoms with Gasteiger partial charge in [-0.1, -0.05) is 11.6 Å². The minimum atomic E-state index is 0.477. The summed E-state index contributed by atoms with van der Waals surface area (Å²) in [4.78, 5) is 9.11. The van der Waals surface area contributed by atoms with E-state index in [2.05, 4.69) is 20.6 Å². The molecule has 2 aliphatic heterocycles. The Morgan fingerprint density at radius 2 is 1.88 bits per heavy atom. The molecule has 0 spiro atoms. The molecule has 0 radical (unpaired) electrons. The minimum absolute atomic E-state index is 0.477. The van der Waals surface area contributed by atoms with Gasteiger partial charge in [0.15, 0.2) is 0 Å². The van der Waals surface area contributed by atoms with Gasteiger partial charge in [-0.05, 0) is 25.9 Å². The zero-order chi connectivity index (χ0) is 11.0. The number of halogens is 1. The van der Waals surface area contributed by atoms with E-state index in [4.69, 9.17) is 11.6 Å². The van der Waals surface area contributed by atoms with E-state index in [0.717, 1.165) is 56.1 Å².